The Morgan fingerprint density at radius 1 is 0.778 bits per heavy atom. The normalized spacial score (nSPS) is 12.6. The van der Waals surface area contributed by atoms with E-state index in [2.05, 4.69) is 0 Å². The van der Waals surface area contributed by atoms with Gasteiger partial charge in [0.2, 0.25) is 0 Å². The molecule has 0 bridgehead atoms. The lowest BCUT2D eigenvalue weighted by Gasteiger charge is -2.28. The zero-order valence-corrected chi connectivity index (χ0v) is 11.8. The van der Waals surface area contributed by atoms with Crippen LogP contribution in [0.2, 0.25) is 0 Å². The summed E-state index contributed by atoms with van der Waals surface area (Å²) in [4.78, 5) is 23.8. The zero-order chi connectivity index (χ0) is 14.4. The number of carbonyl (C=O) groups is 2. The number of hydrogen-bond donors (Lipinski definition) is 2. The molecule has 0 aliphatic carbocycles. The summed E-state index contributed by atoms with van der Waals surface area (Å²) in [7, 11) is 6.88. The highest BCUT2D eigenvalue weighted by Gasteiger charge is 2.30. The third-order valence-corrected chi connectivity index (χ3v) is 3.22. The molecule has 0 aromatic heterocycles. The molecule has 2 N–H and O–H groups in total. The van der Waals surface area contributed by atoms with Crippen LogP contribution in [-0.4, -0.2) is 85.5 Å². The average molecular weight is 262 g/mol. The molecule has 0 radical (unpaired) electrons. The molecule has 0 unspecified atom stereocenters. The molecule has 0 aliphatic rings. The Kier molecular flexibility index (Phi) is 6.62. The van der Waals surface area contributed by atoms with Crippen LogP contribution in [0.25, 0.3) is 0 Å². The van der Waals surface area contributed by atoms with Crippen LogP contribution in [-0.2, 0) is 9.59 Å². The summed E-state index contributed by atoms with van der Waals surface area (Å²) in [6, 6.07) is 0. The third kappa shape index (κ3) is 5.22. The fraction of sp³-hybridized carbons (Fsp3) is 0.833. The smallest absolute Gasteiger partial charge is 0.314 e. The standard InChI is InChI=1S/C12H26N2O4/c1-13(2,7-9-15)11(17)5-6-12(18)14(3,4)8-10-16/h15-16H,5-10H2,1-4H3/q+2. The van der Waals surface area contributed by atoms with Gasteiger partial charge in [0, 0.05) is 0 Å². The molecular weight excluding hydrogens is 236 g/mol. The van der Waals surface area contributed by atoms with Crippen molar-refractivity contribution in [3.63, 3.8) is 0 Å². The summed E-state index contributed by atoms with van der Waals surface area (Å²) in [6.07, 6.45) is 0.331. The second-order valence-corrected chi connectivity index (χ2v) is 5.55. The second-order valence-electron chi connectivity index (χ2n) is 5.55. The van der Waals surface area contributed by atoms with E-state index in [1.165, 1.54) is 0 Å². The number of aliphatic hydroxyl groups excluding tert-OH is 2. The van der Waals surface area contributed by atoms with Gasteiger partial charge in [0.05, 0.1) is 54.2 Å². The van der Waals surface area contributed by atoms with E-state index in [4.69, 9.17) is 10.2 Å². The van der Waals surface area contributed by atoms with Crippen LogP contribution in [0.3, 0.4) is 0 Å². The third-order valence-electron chi connectivity index (χ3n) is 3.22. The molecule has 106 valence electrons. The Bertz CT molecular complexity index is 270. The first-order chi connectivity index (χ1) is 8.17. The van der Waals surface area contributed by atoms with Crippen molar-refractivity contribution in [3.05, 3.63) is 0 Å². The van der Waals surface area contributed by atoms with Gasteiger partial charge in [0.1, 0.15) is 13.1 Å². The van der Waals surface area contributed by atoms with Gasteiger partial charge in [-0.25, -0.2) is 9.59 Å². The van der Waals surface area contributed by atoms with Crippen LogP contribution in [0, 0.1) is 0 Å². The Morgan fingerprint density at radius 3 is 1.28 bits per heavy atom. The quantitative estimate of drug-likeness (QED) is 0.575. The van der Waals surface area contributed by atoms with E-state index in [1.54, 1.807) is 28.2 Å². The van der Waals surface area contributed by atoms with E-state index in [9.17, 15) is 9.59 Å². The van der Waals surface area contributed by atoms with E-state index in [0.29, 0.717) is 13.1 Å². The van der Waals surface area contributed by atoms with Gasteiger partial charge in [-0.1, -0.05) is 0 Å². The van der Waals surface area contributed by atoms with Crippen molar-refractivity contribution in [1.82, 2.24) is 0 Å². The van der Waals surface area contributed by atoms with Crippen molar-refractivity contribution in [2.75, 3.05) is 54.5 Å². The van der Waals surface area contributed by atoms with Gasteiger partial charge in [-0.15, -0.1) is 0 Å². The molecule has 0 aromatic carbocycles. The zero-order valence-electron chi connectivity index (χ0n) is 11.8. The number of aliphatic hydroxyl groups is 2. The van der Waals surface area contributed by atoms with Crippen molar-refractivity contribution in [2.24, 2.45) is 0 Å². The maximum atomic E-state index is 11.9. The van der Waals surface area contributed by atoms with Gasteiger partial charge in [-0.05, 0) is 0 Å². The van der Waals surface area contributed by atoms with Crippen LogP contribution in [0.15, 0.2) is 0 Å². The molecule has 6 heteroatoms. The van der Waals surface area contributed by atoms with Gasteiger partial charge < -0.3 is 10.2 Å². The van der Waals surface area contributed by atoms with Crippen molar-refractivity contribution in [1.29, 1.82) is 0 Å². The maximum Gasteiger partial charge on any atom is 0.314 e. The molecule has 0 spiro atoms. The first-order valence-electron chi connectivity index (χ1n) is 6.12. The largest absolute Gasteiger partial charge is 0.390 e. The van der Waals surface area contributed by atoms with E-state index in [1.807, 2.05) is 0 Å². The highest BCUT2D eigenvalue weighted by atomic mass is 16.3. The van der Waals surface area contributed by atoms with Gasteiger partial charge in [-0.2, -0.15) is 0 Å². The molecule has 2 amide bonds. The lowest BCUT2D eigenvalue weighted by molar-refractivity contribution is -0.817. The monoisotopic (exact) mass is 262 g/mol. The minimum atomic E-state index is -0.0681. The fourth-order valence-corrected chi connectivity index (χ4v) is 1.57. The molecular formula is C12H26N2O4+2. The molecule has 6 nitrogen and oxygen atoms in total. The van der Waals surface area contributed by atoms with E-state index in [0.717, 1.165) is 0 Å². The topological polar surface area (TPSA) is 74.6 Å². The minimum absolute atomic E-state index is 0.0568. The lowest BCUT2D eigenvalue weighted by atomic mass is 10.2. The van der Waals surface area contributed by atoms with Crippen LogP contribution >= 0.6 is 0 Å². The Labute approximate surface area is 109 Å². The summed E-state index contributed by atoms with van der Waals surface area (Å²) < 4.78 is 0.161. The number of quaternary nitrogens is 2. The molecule has 0 rings (SSSR count). The number of likely N-dealkylation sites (N-methyl/N-ethyl adjacent to an activating group) is 2. The highest BCUT2D eigenvalue weighted by molar-refractivity contribution is 5.77. The summed E-state index contributed by atoms with van der Waals surface area (Å²) >= 11 is 0. The molecule has 0 heterocycles. The molecule has 0 atom stereocenters. The predicted molar refractivity (Wildman–Crippen MR) is 67.4 cm³/mol. The first kappa shape index (κ1) is 17.2. The fourth-order valence-electron chi connectivity index (χ4n) is 1.57. The second kappa shape index (κ2) is 6.94. The van der Waals surface area contributed by atoms with Crippen LogP contribution in [0.1, 0.15) is 12.8 Å². The number of rotatable bonds is 7. The maximum absolute atomic E-state index is 11.9. The number of carbonyl (C=O) groups excluding carboxylic acids is 2. The molecule has 0 saturated carbocycles. The molecule has 0 aliphatic heterocycles. The minimum Gasteiger partial charge on any atom is -0.390 e. The summed E-state index contributed by atoms with van der Waals surface area (Å²) in [5.74, 6) is -0.136. The van der Waals surface area contributed by atoms with Crippen LogP contribution < -0.4 is 0 Å². The highest BCUT2D eigenvalue weighted by Crippen LogP contribution is 2.08. The van der Waals surface area contributed by atoms with E-state index in [-0.39, 0.29) is 46.8 Å². The van der Waals surface area contributed by atoms with Gasteiger partial charge in [0.25, 0.3) is 0 Å². The number of hydrogen-bond acceptors (Lipinski definition) is 4. The van der Waals surface area contributed by atoms with Crippen molar-refractivity contribution < 1.29 is 28.8 Å². The van der Waals surface area contributed by atoms with Crippen molar-refractivity contribution in [3.8, 4) is 0 Å². The molecule has 0 aromatic rings. The Balaban J connectivity index is 4.33. The molecule has 18 heavy (non-hydrogen) atoms. The molecule has 0 fully saturated rings. The Morgan fingerprint density at radius 2 is 1.06 bits per heavy atom. The van der Waals surface area contributed by atoms with Crippen LogP contribution in [0.4, 0.5) is 0 Å². The van der Waals surface area contributed by atoms with Crippen LogP contribution in [0.5, 0.6) is 0 Å². The SMILES string of the molecule is C[N+](C)(CCO)C(=O)CCC(=O)[N+](C)(C)CCO. The predicted octanol–water partition coefficient (Wildman–Crippen LogP) is -1.04. The van der Waals surface area contributed by atoms with Gasteiger partial charge in [0.15, 0.2) is 0 Å². The van der Waals surface area contributed by atoms with Gasteiger partial charge >= 0.3 is 11.8 Å². The lowest BCUT2D eigenvalue weighted by Crippen LogP contribution is -2.50. The molecule has 0 saturated heterocycles. The van der Waals surface area contributed by atoms with E-state index >= 15 is 0 Å². The number of amides is 2. The summed E-state index contributed by atoms with van der Waals surface area (Å²) in [6.45, 7) is 0.585. The first-order valence-corrected chi connectivity index (χ1v) is 6.12. The average Bonchev–Trinajstić information content (AvgIpc) is 2.24. The van der Waals surface area contributed by atoms with Crippen molar-refractivity contribution >= 4 is 11.8 Å². The number of nitrogens with zero attached hydrogens (tertiary/aromatic N) is 2. The Hall–Kier alpha value is -0.820. The summed E-state index contributed by atoms with van der Waals surface area (Å²) in [5, 5.41) is 17.7. The summed E-state index contributed by atoms with van der Waals surface area (Å²) in [5.41, 5.74) is 0. The van der Waals surface area contributed by atoms with Gasteiger partial charge in [-0.3, -0.25) is 8.97 Å². The van der Waals surface area contributed by atoms with E-state index < -0.39 is 0 Å². The van der Waals surface area contributed by atoms with Crippen molar-refractivity contribution in [2.45, 2.75) is 12.8 Å².